The molecular weight excluding hydrogens is 318 g/mol. The van der Waals surface area contributed by atoms with Crippen LogP contribution in [0.2, 0.25) is 5.02 Å². The topological polar surface area (TPSA) is 62.8 Å². The SMILES string of the molecule is COc1ccc(NC(=O)N[C@H]2COC[C@@H]2N2CCCC2)cc1Cl. The minimum atomic E-state index is -0.245. The van der Waals surface area contributed by atoms with Crippen LogP contribution in [0, 0.1) is 0 Å². The Bertz CT molecular complexity index is 564. The van der Waals surface area contributed by atoms with Gasteiger partial charge in [-0.1, -0.05) is 11.6 Å². The summed E-state index contributed by atoms with van der Waals surface area (Å²) in [4.78, 5) is 14.6. The molecule has 2 aliphatic heterocycles. The molecule has 0 saturated carbocycles. The van der Waals surface area contributed by atoms with Crippen molar-refractivity contribution in [3.8, 4) is 5.75 Å². The maximum atomic E-state index is 12.2. The Morgan fingerprint density at radius 2 is 2.13 bits per heavy atom. The number of halogens is 1. The monoisotopic (exact) mass is 339 g/mol. The van der Waals surface area contributed by atoms with Crippen molar-refractivity contribution in [3.63, 3.8) is 0 Å². The highest BCUT2D eigenvalue weighted by Crippen LogP contribution is 2.27. The summed E-state index contributed by atoms with van der Waals surface area (Å²) in [6, 6.07) is 5.19. The van der Waals surface area contributed by atoms with Gasteiger partial charge in [0, 0.05) is 5.69 Å². The van der Waals surface area contributed by atoms with E-state index in [0.29, 0.717) is 29.7 Å². The van der Waals surface area contributed by atoms with Crippen molar-refractivity contribution in [1.29, 1.82) is 0 Å². The molecule has 2 N–H and O–H groups in total. The highest BCUT2D eigenvalue weighted by Gasteiger charge is 2.35. The van der Waals surface area contributed by atoms with Crippen LogP contribution in [0.5, 0.6) is 5.75 Å². The molecule has 2 heterocycles. The first-order valence-corrected chi connectivity index (χ1v) is 8.28. The molecule has 0 spiro atoms. The van der Waals surface area contributed by atoms with Crippen LogP contribution in [0.3, 0.4) is 0 Å². The van der Waals surface area contributed by atoms with E-state index in [4.69, 9.17) is 21.1 Å². The van der Waals surface area contributed by atoms with Crippen molar-refractivity contribution in [2.45, 2.75) is 24.9 Å². The maximum absolute atomic E-state index is 12.2. The molecule has 1 aromatic rings. The summed E-state index contributed by atoms with van der Waals surface area (Å²) in [5.41, 5.74) is 0.630. The van der Waals surface area contributed by atoms with Crippen LogP contribution < -0.4 is 15.4 Å². The number of methoxy groups -OCH3 is 1. The number of nitrogens with zero attached hydrogens (tertiary/aromatic N) is 1. The quantitative estimate of drug-likeness (QED) is 0.883. The van der Waals surface area contributed by atoms with E-state index >= 15 is 0 Å². The summed E-state index contributed by atoms with van der Waals surface area (Å²) in [6.45, 7) is 3.40. The number of urea groups is 1. The molecule has 6 nitrogen and oxygen atoms in total. The first-order valence-electron chi connectivity index (χ1n) is 7.90. The van der Waals surface area contributed by atoms with Crippen molar-refractivity contribution in [3.05, 3.63) is 23.2 Å². The van der Waals surface area contributed by atoms with E-state index in [1.54, 1.807) is 25.3 Å². The number of rotatable bonds is 4. The fourth-order valence-electron chi connectivity index (χ4n) is 3.19. The van der Waals surface area contributed by atoms with E-state index in [1.165, 1.54) is 12.8 Å². The van der Waals surface area contributed by atoms with Crippen molar-refractivity contribution >= 4 is 23.3 Å². The number of carbonyl (C=O) groups excluding carboxylic acids is 1. The van der Waals surface area contributed by atoms with Gasteiger partial charge in [0.05, 0.1) is 37.4 Å². The molecule has 2 fully saturated rings. The molecule has 3 rings (SSSR count). The molecule has 2 aliphatic rings. The summed E-state index contributed by atoms with van der Waals surface area (Å²) in [6.07, 6.45) is 2.44. The van der Waals surface area contributed by atoms with Crippen molar-refractivity contribution in [1.82, 2.24) is 10.2 Å². The van der Waals surface area contributed by atoms with Gasteiger partial charge in [0.1, 0.15) is 5.75 Å². The van der Waals surface area contributed by atoms with Gasteiger partial charge >= 0.3 is 6.03 Å². The lowest BCUT2D eigenvalue weighted by molar-refractivity contribution is 0.159. The van der Waals surface area contributed by atoms with Crippen LogP contribution in [-0.2, 0) is 4.74 Å². The van der Waals surface area contributed by atoms with Crippen LogP contribution in [0.1, 0.15) is 12.8 Å². The first-order chi connectivity index (χ1) is 11.2. The maximum Gasteiger partial charge on any atom is 0.319 e. The molecule has 23 heavy (non-hydrogen) atoms. The van der Waals surface area contributed by atoms with Gasteiger partial charge in [0.25, 0.3) is 0 Å². The van der Waals surface area contributed by atoms with E-state index < -0.39 is 0 Å². The Morgan fingerprint density at radius 1 is 1.35 bits per heavy atom. The van der Waals surface area contributed by atoms with Gasteiger partial charge in [-0.15, -0.1) is 0 Å². The molecule has 2 atom stereocenters. The predicted molar refractivity (Wildman–Crippen MR) is 89.4 cm³/mol. The van der Waals surface area contributed by atoms with Crippen LogP contribution in [0.4, 0.5) is 10.5 Å². The average Bonchev–Trinajstić information content (AvgIpc) is 3.18. The highest BCUT2D eigenvalue weighted by atomic mass is 35.5. The summed E-state index contributed by atoms with van der Waals surface area (Å²) < 4.78 is 10.7. The van der Waals surface area contributed by atoms with Crippen molar-refractivity contribution in [2.24, 2.45) is 0 Å². The van der Waals surface area contributed by atoms with Gasteiger partial charge in [-0.3, -0.25) is 4.90 Å². The van der Waals surface area contributed by atoms with Gasteiger partial charge in [-0.2, -0.15) is 0 Å². The van der Waals surface area contributed by atoms with Crippen LogP contribution >= 0.6 is 11.6 Å². The molecule has 0 aliphatic carbocycles. The lowest BCUT2D eigenvalue weighted by atomic mass is 10.1. The number of nitrogens with one attached hydrogen (secondary N) is 2. The van der Waals surface area contributed by atoms with Gasteiger partial charge < -0.3 is 20.1 Å². The van der Waals surface area contributed by atoms with E-state index in [1.807, 2.05) is 0 Å². The van der Waals surface area contributed by atoms with Crippen LogP contribution in [-0.4, -0.2) is 56.4 Å². The second kappa shape index (κ2) is 7.38. The fraction of sp³-hybridized carbons (Fsp3) is 0.562. The second-order valence-electron chi connectivity index (χ2n) is 5.90. The van der Waals surface area contributed by atoms with Crippen LogP contribution in [0.15, 0.2) is 18.2 Å². The lowest BCUT2D eigenvalue weighted by Crippen LogP contribution is -2.51. The molecule has 7 heteroatoms. The van der Waals surface area contributed by atoms with Crippen molar-refractivity contribution in [2.75, 3.05) is 38.7 Å². The van der Waals surface area contributed by atoms with Crippen LogP contribution in [0.25, 0.3) is 0 Å². The number of hydrogen-bond acceptors (Lipinski definition) is 4. The van der Waals surface area contributed by atoms with Gasteiger partial charge in [0.2, 0.25) is 0 Å². The summed E-state index contributed by atoms with van der Waals surface area (Å²) in [7, 11) is 1.56. The standard InChI is InChI=1S/C16H22ClN3O3/c1-22-15-5-4-11(8-12(15)17)18-16(21)19-13-9-23-10-14(13)20-6-2-3-7-20/h4-5,8,13-14H,2-3,6-7,9-10H2,1H3,(H2,18,19,21)/t13-,14-/m0/s1. The van der Waals surface area contributed by atoms with Gasteiger partial charge in [0.15, 0.2) is 0 Å². The molecule has 1 aromatic carbocycles. The summed E-state index contributed by atoms with van der Waals surface area (Å²) in [5, 5.41) is 6.28. The predicted octanol–water partition coefficient (Wildman–Crippen LogP) is 2.33. The zero-order chi connectivity index (χ0) is 16.2. The zero-order valence-corrected chi connectivity index (χ0v) is 13.9. The lowest BCUT2D eigenvalue weighted by Gasteiger charge is -2.27. The third-order valence-corrected chi connectivity index (χ3v) is 4.68. The van der Waals surface area contributed by atoms with Gasteiger partial charge in [-0.25, -0.2) is 4.79 Å². The zero-order valence-electron chi connectivity index (χ0n) is 13.2. The third-order valence-electron chi connectivity index (χ3n) is 4.39. The highest BCUT2D eigenvalue weighted by molar-refractivity contribution is 6.32. The molecule has 0 unspecified atom stereocenters. The number of amides is 2. The smallest absolute Gasteiger partial charge is 0.319 e. The minimum absolute atomic E-state index is 0.0156. The number of benzene rings is 1. The number of hydrogen-bond donors (Lipinski definition) is 2. The molecular formula is C16H22ClN3O3. The number of carbonyl (C=O) groups is 1. The Balaban J connectivity index is 1.57. The minimum Gasteiger partial charge on any atom is -0.495 e. The van der Waals surface area contributed by atoms with Gasteiger partial charge in [-0.05, 0) is 44.1 Å². The van der Waals surface area contributed by atoms with E-state index in [0.717, 1.165) is 13.1 Å². The molecule has 2 saturated heterocycles. The third kappa shape index (κ3) is 3.88. The second-order valence-corrected chi connectivity index (χ2v) is 6.31. The summed E-state index contributed by atoms with van der Waals surface area (Å²) in [5.74, 6) is 0.580. The first kappa shape index (κ1) is 16.4. The normalized spacial score (nSPS) is 24.6. The Hall–Kier alpha value is -1.50. The molecule has 0 bridgehead atoms. The molecule has 126 valence electrons. The Kier molecular flexibility index (Phi) is 5.25. The molecule has 0 radical (unpaired) electrons. The number of anilines is 1. The van der Waals surface area contributed by atoms with Crippen molar-refractivity contribution < 1.29 is 14.3 Å². The number of likely N-dealkylation sites (tertiary alicyclic amines) is 1. The number of ether oxygens (including phenoxy) is 2. The largest absolute Gasteiger partial charge is 0.495 e. The molecule has 2 amide bonds. The Morgan fingerprint density at radius 3 is 2.83 bits per heavy atom. The average molecular weight is 340 g/mol. The fourth-order valence-corrected chi connectivity index (χ4v) is 3.45. The van der Waals surface area contributed by atoms with E-state index in [9.17, 15) is 4.79 Å². The summed E-state index contributed by atoms with van der Waals surface area (Å²) >= 11 is 6.07. The van der Waals surface area contributed by atoms with E-state index in [2.05, 4.69) is 15.5 Å². The van der Waals surface area contributed by atoms with E-state index in [-0.39, 0.29) is 18.1 Å². The Labute approximate surface area is 141 Å². The molecule has 0 aromatic heterocycles.